The number of aromatic nitrogens is 3. The van der Waals surface area contributed by atoms with Gasteiger partial charge in [0.05, 0.1) is 10.9 Å². The Morgan fingerprint density at radius 3 is 2.67 bits per heavy atom. The van der Waals surface area contributed by atoms with E-state index in [0.717, 1.165) is 23.2 Å². The van der Waals surface area contributed by atoms with E-state index in [1.807, 2.05) is 24.8 Å². The van der Waals surface area contributed by atoms with Crippen molar-refractivity contribution < 1.29 is 4.79 Å². The number of aromatic amines is 1. The van der Waals surface area contributed by atoms with E-state index in [2.05, 4.69) is 29.0 Å². The summed E-state index contributed by atoms with van der Waals surface area (Å²) in [5.41, 5.74) is 9.07. The van der Waals surface area contributed by atoms with Crippen molar-refractivity contribution >= 4 is 41.8 Å². The Morgan fingerprint density at radius 1 is 1.38 bits per heavy atom. The summed E-state index contributed by atoms with van der Waals surface area (Å²) in [6, 6.07) is 1.99. The van der Waals surface area contributed by atoms with E-state index >= 15 is 0 Å². The zero-order chi connectivity index (χ0) is 16.1. The minimum atomic E-state index is -0.0689. The maximum absolute atomic E-state index is 13.0. The number of nitrogens with zero attached hydrogens (tertiary/aromatic N) is 3. The quantitative estimate of drug-likeness (QED) is 0.803. The van der Waals surface area contributed by atoms with E-state index < -0.39 is 0 Å². The average Bonchev–Trinajstić information content (AvgIpc) is 2.81. The highest BCUT2D eigenvalue weighted by Crippen LogP contribution is 2.30. The number of nitrogens with one attached hydrogen (secondary N) is 1. The molecule has 1 atom stereocenters. The largest absolute Gasteiger partial charge is 0.338 e. The number of nitrogens with two attached hydrogens (primary N) is 1. The van der Waals surface area contributed by atoms with Crippen LogP contribution in [0.5, 0.6) is 0 Å². The van der Waals surface area contributed by atoms with E-state index in [-0.39, 0.29) is 42.2 Å². The molecule has 1 aliphatic rings. The van der Waals surface area contributed by atoms with E-state index in [1.54, 1.807) is 0 Å². The summed E-state index contributed by atoms with van der Waals surface area (Å²) in [4.78, 5) is 19.3. The number of likely N-dealkylation sites (tertiary alicyclic amines) is 1. The van der Waals surface area contributed by atoms with Gasteiger partial charge in [0.25, 0.3) is 5.91 Å². The number of halogens is 2. The molecule has 3 rings (SSSR count). The highest BCUT2D eigenvalue weighted by molar-refractivity contribution is 6.06. The molecule has 24 heavy (non-hydrogen) atoms. The van der Waals surface area contributed by atoms with Crippen LogP contribution in [-0.4, -0.2) is 45.1 Å². The van der Waals surface area contributed by atoms with Gasteiger partial charge in [0.15, 0.2) is 5.65 Å². The standard InChI is InChI=1S/C16H23N5O.2ClH/c1-9-7-11(13-10(2)19-20-14(13)18-9)15(22)21-6-5-12(17)16(3,4)8-21;;/h7,12H,5-6,8,17H2,1-4H3,(H,18,19,20);2*1H. The molecule has 0 spiro atoms. The third kappa shape index (κ3) is 3.50. The number of hydrogen-bond acceptors (Lipinski definition) is 4. The fraction of sp³-hybridized carbons (Fsp3) is 0.562. The summed E-state index contributed by atoms with van der Waals surface area (Å²) in [6.45, 7) is 9.41. The van der Waals surface area contributed by atoms with Gasteiger partial charge in [0.1, 0.15) is 0 Å². The molecule has 1 unspecified atom stereocenters. The fourth-order valence-electron chi connectivity index (χ4n) is 3.19. The van der Waals surface area contributed by atoms with Crippen molar-refractivity contribution in [1.29, 1.82) is 0 Å². The Bertz CT molecular complexity index is 743. The van der Waals surface area contributed by atoms with Gasteiger partial charge in [-0.15, -0.1) is 24.8 Å². The number of rotatable bonds is 1. The van der Waals surface area contributed by atoms with Crippen LogP contribution in [0.2, 0.25) is 0 Å². The molecule has 0 aliphatic carbocycles. The maximum Gasteiger partial charge on any atom is 0.254 e. The molecule has 3 heterocycles. The van der Waals surface area contributed by atoms with Crippen LogP contribution >= 0.6 is 24.8 Å². The molecule has 2 aromatic rings. The first kappa shape index (κ1) is 20.7. The molecule has 1 fully saturated rings. The first-order valence-corrected chi connectivity index (χ1v) is 7.67. The Kier molecular flexibility index (Phi) is 6.25. The van der Waals surface area contributed by atoms with Crippen LogP contribution in [0.25, 0.3) is 11.0 Å². The number of hydrogen-bond donors (Lipinski definition) is 2. The Labute approximate surface area is 154 Å². The summed E-state index contributed by atoms with van der Waals surface area (Å²) in [5.74, 6) is 0.0416. The first-order valence-electron chi connectivity index (χ1n) is 7.67. The summed E-state index contributed by atoms with van der Waals surface area (Å²) in [7, 11) is 0. The van der Waals surface area contributed by atoms with Crippen molar-refractivity contribution in [2.75, 3.05) is 13.1 Å². The predicted octanol–water partition coefficient (Wildman–Crippen LogP) is 2.62. The summed E-state index contributed by atoms with van der Waals surface area (Å²) >= 11 is 0. The average molecular weight is 374 g/mol. The molecule has 1 amide bonds. The molecule has 3 N–H and O–H groups in total. The van der Waals surface area contributed by atoms with Crippen LogP contribution in [0.15, 0.2) is 6.07 Å². The molecule has 0 saturated carbocycles. The number of H-pyrrole nitrogens is 1. The Balaban J connectivity index is 0.00000144. The summed E-state index contributed by atoms with van der Waals surface area (Å²) in [5, 5.41) is 7.93. The molecule has 0 bridgehead atoms. The molecular formula is C16H25Cl2N5O. The second-order valence-corrected chi connectivity index (χ2v) is 6.97. The van der Waals surface area contributed by atoms with Gasteiger partial charge >= 0.3 is 0 Å². The van der Waals surface area contributed by atoms with E-state index in [4.69, 9.17) is 5.73 Å². The van der Waals surface area contributed by atoms with Crippen molar-refractivity contribution in [3.8, 4) is 0 Å². The highest BCUT2D eigenvalue weighted by Gasteiger charge is 2.36. The zero-order valence-corrected chi connectivity index (χ0v) is 16.1. The van der Waals surface area contributed by atoms with E-state index in [9.17, 15) is 4.79 Å². The maximum atomic E-state index is 13.0. The number of amides is 1. The Morgan fingerprint density at radius 2 is 2.04 bits per heavy atom. The van der Waals surface area contributed by atoms with Crippen molar-refractivity contribution in [1.82, 2.24) is 20.1 Å². The number of pyridine rings is 1. The Hall–Kier alpha value is -1.37. The number of carbonyl (C=O) groups excluding carboxylic acids is 1. The normalized spacial score (nSPS) is 19.5. The lowest BCUT2D eigenvalue weighted by Gasteiger charge is -2.42. The smallest absolute Gasteiger partial charge is 0.254 e. The van der Waals surface area contributed by atoms with Crippen LogP contribution in [0.4, 0.5) is 0 Å². The monoisotopic (exact) mass is 373 g/mol. The second-order valence-electron chi connectivity index (χ2n) is 6.97. The van der Waals surface area contributed by atoms with Gasteiger partial charge in [-0.2, -0.15) is 5.10 Å². The molecule has 1 aliphatic heterocycles. The molecule has 0 aromatic carbocycles. The minimum absolute atomic E-state index is 0. The van der Waals surface area contributed by atoms with Gasteiger partial charge in [0, 0.05) is 30.5 Å². The predicted molar refractivity (Wildman–Crippen MR) is 100 cm³/mol. The fourth-order valence-corrected chi connectivity index (χ4v) is 3.19. The van der Waals surface area contributed by atoms with Gasteiger partial charge in [0.2, 0.25) is 0 Å². The third-order valence-corrected chi connectivity index (χ3v) is 4.66. The molecule has 8 heteroatoms. The first-order chi connectivity index (χ1) is 10.3. The topological polar surface area (TPSA) is 87.9 Å². The van der Waals surface area contributed by atoms with Crippen molar-refractivity contribution in [3.05, 3.63) is 23.0 Å². The lowest BCUT2D eigenvalue weighted by atomic mass is 9.79. The summed E-state index contributed by atoms with van der Waals surface area (Å²) in [6.07, 6.45) is 0.830. The van der Waals surface area contributed by atoms with E-state index in [1.165, 1.54) is 0 Å². The van der Waals surface area contributed by atoms with Crippen LogP contribution in [0, 0.1) is 19.3 Å². The van der Waals surface area contributed by atoms with Gasteiger partial charge < -0.3 is 10.6 Å². The number of fused-ring (bicyclic) bond motifs is 1. The molecule has 134 valence electrons. The molecule has 0 radical (unpaired) electrons. The van der Waals surface area contributed by atoms with Crippen LogP contribution < -0.4 is 5.73 Å². The zero-order valence-electron chi connectivity index (χ0n) is 14.4. The highest BCUT2D eigenvalue weighted by atomic mass is 35.5. The molecule has 6 nitrogen and oxygen atoms in total. The van der Waals surface area contributed by atoms with Crippen LogP contribution in [-0.2, 0) is 0 Å². The van der Waals surface area contributed by atoms with Crippen molar-refractivity contribution in [2.24, 2.45) is 11.1 Å². The molecule has 2 aromatic heterocycles. The van der Waals surface area contributed by atoms with E-state index in [0.29, 0.717) is 24.3 Å². The number of aryl methyl sites for hydroxylation is 2. The third-order valence-electron chi connectivity index (χ3n) is 4.66. The number of piperidine rings is 1. The lowest BCUT2D eigenvalue weighted by Crippen LogP contribution is -2.54. The summed E-state index contributed by atoms with van der Waals surface area (Å²) < 4.78 is 0. The van der Waals surface area contributed by atoms with Crippen molar-refractivity contribution in [2.45, 2.75) is 40.2 Å². The van der Waals surface area contributed by atoms with Gasteiger partial charge in [-0.25, -0.2) is 4.98 Å². The number of carbonyl (C=O) groups is 1. The van der Waals surface area contributed by atoms with Crippen LogP contribution in [0.1, 0.15) is 42.0 Å². The lowest BCUT2D eigenvalue weighted by molar-refractivity contribution is 0.0534. The van der Waals surface area contributed by atoms with Gasteiger partial charge in [-0.05, 0) is 31.7 Å². The van der Waals surface area contributed by atoms with Gasteiger partial charge in [-0.3, -0.25) is 9.89 Å². The van der Waals surface area contributed by atoms with Gasteiger partial charge in [-0.1, -0.05) is 13.8 Å². The van der Waals surface area contributed by atoms with Crippen LogP contribution in [0.3, 0.4) is 0 Å². The minimum Gasteiger partial charge on any atom is -0.338 e. The molecular weight excluding hydrogens is 349 g/mol. The SMILES string of the molecule is Cc1cc(C(=O)N2CCC(N)C(C)(C)C2)c2c(C)[nH]nc2n1.Cl.Cl. The second kappa shape index (κ2) is 7.25. The van der Waals surface area contributed by atoms with Crippen molar-refractivity contribution in [3.63, 3.8) is 0 Å². The molecule has 1 saturated heterocycles.